The summed E-state index contributed by atoms with van der Waals surface area (Å²) in [5.41, 5.74) is -1.67. The van der Waals surface area contributed by atoms with Gasteiger partial charge >= 0.3 is 6.18 Å². The zero-order valence-corrected chi connectivity index (χ0v) is 63.7. The number of carbonyl (C=O) groups is 12. The molecule has 3 N–H and O–H groups in total. The van der Waals surface area contributed by atoms with Crippen LogP contribution in [0.15, 0.2) is 12.2 Å². The van der Waals surface area contributed by atoms with E-state index in [9.17, 15) is 41.9 Å². The van der Waals surface area contributed by atoms with E-state index in [0.29, 0.717) is 58.0 Å². The second kappa shape index (κ2) is 38.2. The van der Waals surface area contributed by atoms with Gasteiger partial charge in [0.15, 0.2) is 0 Å². The fraction of sp³-hybridized carbons (Fsp3) is 0.811. The lowest BCUT2D eigenvalue weighted by Gasteiger charge is -2.47. The summed E-state index contributed by atoms with van der Waals surface area (Å²) in [6.07, 6.45) is -2.87. The fourth-order valence-electron chi connectivity index (χ4n) is 16.6. The van der Waals surface area contributed by atoms with Gasteiger partial charge in [0.05, 0.1) is 32.2 Å². The number of nitrogens with zero attached hydrogens (tertiary/aromatic N) is 9. The molecule has 12 atom stereocenters. The van der Waals surface area contributed by atoms with Gasteiger partial charge in [0.1, 0.15) is 72.1 Å². The molecule has 4 heterocycles. The molecule has 0 radical (unpaired) electrons. The zero-order valence-electron chi connectivity index (χ0n) is 63.7. The van der Waals surface area contributed by atoms with Crippen molar-refractivity contribution in [2.45, 2.75) is 254 Å². The number of ether oxygens (including phenoxy) is 2. The molecular formula is C74H117F5N12O14. The van der Waals surface area contributed by atoms with Gasteiger partial charge in [-0.05, 0) is 108 Å². The van der Waals surface area contributed by atoms with E-state index < -0.39 is 212 Å². The second-order valence-electron chi connectivity index (χ2n) is 30.6. The number of nitrogens with one attached hydrogen (secondary N) is 3. The van der Waals surface area contributed by atoms with Crippen LogP contribution in [0.2, 0.25) is 0 Å². The van der Waals surface area contributed by atoms with Crippen LogP contribution >= 0.6 is 0 Å². The maximum absolute atomic E-state index is 15.6. The molecule has 31 heteroatoms. The van der Waals surface area contributed by atoms with Gasteiger partial charge in [0.25, 0.3) is 0 Å². The molecule has 26 nitrogen and oxygen atoms in total. The molecule has 4 aliphatic heterocycles. The Kier molecular flexibility index (Phi) is 31.0. The summed E-state index contributed by atoms with van der Waals surface area (Å²) in [4.78, 5) is 192. The van der Waals surface area contributed by atoms with Crippen LogP contribution in [0.1, 0.15) is 176 Å². The molecule has 12 amide bonds. The number of likely N-dealkylation sites (N-methyl/N-ethyl adjacent to an activating group) is 6. The molecule has 2 bridgehead atoms. The first-order valence-corrected chi connectivity index (χ1v) is 38.2. The predicted octanol–water partition coefficient (Wildman–Crippen LogP) is 4.94. The van der Waals surface area contributed by atoms with Crippen molar-refractivity contribution < 1.29 is 89.0 Å². The van der Waals surface area contributed by atoms with Crippen molar-refractivity contribution in [1.82, 2.24) is 60.0 Å². The minimum absolute atomic E-state index is 0.00724. The van der Waals surface area contributed by atoms with Gasteiger partial charge in [-0.1, -0.05) is 91.2 Å². The monoisotopic (exact) mass is 1490 g/mol. The topological polar surface area (TPSA) is 289 Å². The summed E-state index contributed by atoms with van der Waals surface area (Å²) in [6, 6.07) is -10.9. The van der Waals surface area contributed by atoms with E-state index in [2.05, 4.69) is 16.0 Å². The molecule has 592 valence electrons. The maximum atomic E-state index is 15.6. The Balaban J connectivity index is 1.32. The second-order valence-corrected chi connectivity index (χ2v) is 30.6. The van der Waals surface area contributed by atoms with E-state index in [4.69, 9.17) is 9.47 Å². The van der Waals surface area contributed by atoms with E-state index >= 15 is 37.5 Å². The summed E-state index contributed by atoms with van der Waals surface area (Å²) >= 11 is 0. The number of amides is 12. The summed E-state index contributed by atoms with van der Waals surface area (Å²) < 4.78 is 84.4. The highest BCUT2D eigenvalue weighted by molar-refractivity contribution is 6.01. The highest BCUT2D eigenvalue weighted by Crippen LogP contribution is 2.45. The van der Waals surface area contributed by atoms with Crippen LogP contribution in [0, 0.1) is 29.6 Å². The molecule has 0 aromatic heterocycles. The van der Waals surface area contributed by atoms with Crippen molar-refractivity contribution in [2.24, 2.45) is 29.6 Å². The van der Waals surface area contributed by atoms with E-state index in [0.717, 1.165) is 51.7 Å². The van der Waals surface area contributed by atoms with Gasteiger partial charge in [-0.3, -0.25) is 57.5 Å². The lowest BCUT2D eigenvalue weighted by Crippen LogP contribution is -2.68. The first-order chi connectivity index (χ1) is 49.7. The highest BCUT2D eigenvalue weighted by Gasteiger charge is 2.56. The number of fused-ring (bicyclic) bond motifs is 3. The van der Waals surface area contributed by atoms with Crippen molar-refractivity contribution in [1.29, 1.82) is 0 Å². The molecule has 105 heavy (non-hydrogen) atoms. The summed E-state index contributed by atoms with van der Waals surface area (Å²) in [5, 5.41) is 8.49. The molecule has 7 rings (SSSR count). The zero-order chi connectivity index (χ0) is 77.5. The Morgan fingerprint density at radius 2 is 1.28 bits per heavy atom. The average Bonchev–Trinajstić information content (AvgIpc) is 1.69. The van der Waals surface area contributed by atoms with Gasteiger partial charge in [0, 0.05) is 88.6 Å². The molecule has 7 aliphatic rings. The van der Waals surface area contributed by atoms with Crippen molar-refractivity contribution in [3.63, 3.8) is 0 Å². The molecule has 3 aliphatic carbocycles. The summed E-state index contributed by atoms with van der Waals surface area (Å²) in [5.74, 6) is -13.8. The number of rotatable bonds is 15. The van der Waals surface area contributed by atoms with E-state index in [1.165, 1.54) is 69.0 Å². The summed E-state index contributed by atoms with van der Waals surface area (Å²) in [7, 11) is 9.58. The lowest BCUT2D eigenvalue weighted by atomic mass is 9.74. The van der Waals surface area contributed by atoms with Crippen LogP contribution in [-0.4, -0.2) is 295 Å². The predicted molar refractivity (Wildman–Crippen MR) is 378 cm³/mol. The largest absolute Gasteiger partial charge is 0.397 e. The minimum Gasteiger partial charge on any atom is -0.382 e. The Morgan fingerprint density at radius 3 is 1.86 bits per heavy atom. The quantitative estimate of drug-likeness (QED) is 0.145. The number of methoxy groups -OCH3 is 1. The molecule has 3 saturated carbocycles. The molecule has 0 aromatic rings. The minimum atomic E-state index is -5.18. The smallest absolute Gasteiger partial charge is 0.382 e. The number of likely N-dealkylation sites (tertiary alicyclic amines) is 1. The molecular weight excluding hydrogens is 1380 g/mol. The Bertz CT molecular complexity index is 3080. The van der Waals surface area contributed by atoms with Gasteiger partial charge in [-0.2, -0.15) is 13.2 Å². The Hall–Kier alpha value is -7.05. The first kappa shape index (κ1) is 85.2. The normalized spacial score (nSPS) is 31.0. The third-order valence-corrected chi connectivity index (χ3v) is 23.6. The van der Waals surface area contributed by atoms with Crippen LogP contribution in [0.25, 0.3) is 0 Å². The van der Waals surface area contributed by atoms with Crippen molar-refractivity contribution >= 4 is 70.9 Å². The summed E-state index contributed by atoms with van der Waals surface area (Å²) in [6.45, 7) is 7.75. The Labute approximate surface area is 615 Å². The van der Waals surface area contributed by atoms with E-state index in [-0.39, 0.29) is 70.7 Å². The maximum Gasteiger partial charge on any atom is 0.397 e. The van der Waals surface area contributed by atoms with Gasteiger partial charge in [-0.25, -0.2) is 8.78 Å². The molecule has 1 spiro atoms. The van der Waals surface area contributed by atoms with Crippen LogP contribution in [0.5, 0.6) is 0 Å². The number of halogens is 5. The fourth-order valence-corrected chi connectivity index (χ4v) is 16.6. The van der Waals surface area contributed by atoms with Crippen molar-refractivity contribution in [3.8, 4) is 0 Å². The van der Waals surface area contributed by atoms with Crippen LogP contribution in [0.4, 0.5) is 22.0 Å². The molecule has 0 aromatic carbocycles. The van der Waals surface area contributed by atoms with Gasteiger partial charge < -0.3 is 69.5 Å². The number of hydrogen-bond acceptors (Lipinski definition) is 14. The number of alkyl halides is 5. The third-order valence-electron chi connectivity index (χ3n) is 23.6. The van der Waals surface area contributed by atoms with Crippen molar-refractivity contribution in [3.05, 3.63) is 12.2 Å². The van der Waals surface area contributed by atoms with E-state index in [1.54, 1.807) is 31.7 Å². The van der Waals surface area contributed by atoms with Crippen molar-refractivity contribution in [2.75, 3.05) is 102 Å². The standard InChI is InChI=1S/C74H117F5N12O14/c1-13-45(5)62-70(101)84(7)43-60(94)85(8)53-28-21-18-22-35-90(69(53)100)56(38-46-26-19-17-20-27-46)67(98)83(6)42-58(92)80-52(30-29-47-36-50(75)61(51(76)37-47)74(77,78)79)66(97)91-41-49(105-16-4)39-54(91)65(96)82-73(31-25-32-73)72(103)88(11)63(48(14-2)15-3)71(102)87(10)55(68(99)89-33-23-24-34-89)40-59(93)86(9)57(44-104-12)64(95)81-62/h18,21,45-57,61-63H,13-17,19-20,22-44H2,1-12H3,(H,80,92)(H,81,95)(H,82,96)/b21-18-/t45-,47?,49+,50?,51?,52-,53-,54-,55-,56-,57-,61?,62-,63-/m0/s1. The molecule has 2 unspecified atom stereocenters. The molecule has 3 saturated heterocycles. The highest BCUT2D eigenvalue weighted by atomic mass is 19.4. The van der Waals surface area contributed by atoms with Gasteiger partial charge in [0.2, 0.25) is 70.9 Å². The lowest BCUT2D eigenvalue weighted by molar-refractivity contribution is -0.219. The first-order valence-electron chi connectivity index (χ1n) is 38.2. The third kappa shape index (κ3) is 20.6. The SMILES string of the molecule is CCO[C@@H]1C[C@H]2C(=O)NC3(CCC3)C(=O)N(C)[C@@H](C(CC)CC)C(=O)N(C)[C@H](C(=O)N3CCCC3)CC(=O)N(C)[C@@H](COC)C(=O)N[C@@H]([C@@H](C)CC)C(=O)N(C)CC(=O)N(C)[C@H]3C/C=C\CCN(C3=O)[C@@H](CC3CCCCC3)C(=O)N(C)CC(=O)N[C@@H](CCC3CC(F)C(C(F)(F)F)C(F)C3)C(=O)N2C1. The van der Waals surface area contributed by atoms with Gasteiger partial charge in [-0.15, -0.1) is 0 Å². The van der Waals surface area contributed by atoms with Crippen LogP contribution in [0.3, 0.4) is 0 Å². The number of carbonyl (C=O) groups excluding carboxylic acids is 12. The van der Waals surface area contributed by atoms with Crippen LogP contribution in [-0.2, 0) is 67.0 Å². The average molecular weight is 1490 g/mol. The van der Waals surface area contributed by atoms with E-state index in [1.807, 2.05) is 19.9 Å². The van der Waals surface area contributed by atoms with Crippen LogP contribution < -0.4 is 16.0 Å². The number of hydrogen-bond donors (Lipinski definition) is 3. The molecule has 6 fully saturated rings. The Morgan fingerprint density at radius 1 is 0.638 bits per heavy atom.